The Morgan fingerprint density at radius 1 is 0.962 bits per heavy atom. The fraction of sp³-hybridized carbons (Fsp3) is 0.556. The maximum Gasteiger partial charge on any atom is 0.257 e. The van der Waals surface area contributed by atoms with Crippen LogP contribution in [0.2, 0.25) is 0 Å². The van der Waals surface area contributed by atoms with Gasteiger partial charge in [-0.1, -0.05) is 13.8 Å². The average molecular weight is 371 g/mol. The van der Waals surface area contributed by atoms with E-state index in [4.69, 9.17) is 0 Å². The normalized spacial score (nSPS) is 14.8. The molecule has 1 fully saturated rings. The van der Waals surface area contributed by atoms with Crippen molar-refractivity contribution in [3.05, 3.63) is 35.1 Å². The van der Waals surface area contributed by atoms with Gasteiger partial charge in [0, 0.05) is 39.1 Å². The summed E-state index contributed by atoms with van der Waals surface area (Å²) in [4.78, 5) is 29.8. The van der Waals surface area contributed by atoms with Gasteiger partial charge in [0.2, 0.25) is 5.91 Å². The zero-order valence-electron chi connectivity index (χ0n) is 15.1. The summed E-state index contributed by atoms with van der Waals surface area (Å²) in [6.07, 6.45) is 0.410. The molecule has 0 unspecified atom stereocenters. The molecule has 0 aliphatic carbocycles. The van der Waals surface area contributed by atoms with Crippen molar-refractivity contribution in [1.82, 2.24) is 14.7 Å². The Morgan fingerprint density at radius 2 is 1.54 bits per heavy atom. The van der Waals surface area contributed by atoms with Crippen molar-refractivity contribution in [2.45, 2.75) is 20.3 Å². The van der Waals surface area contributed by atoms with E-state index in [9.17, 15) is 22.8 Å². The van der Waals surface area contributed by atoms with Crippen LogP contribution < -0.4 is 0 Å². The maximum absolute atomic E-state index is 13.8. The van der Waals surface area contributed by atoms with Crippen LogP contribution in [0.5, 0.6) is 0 Å². The van der Waals surface area contributed by atoms with Gasteiger partial charge in [-0.05, 0) is 25.2 Å². The van der Waals surface area contributed by atoms with Crippen LogP contribution in [-0.2, 0) is 4.79 Å². The SMILES string of the molecule is CCN(CC)CCC(=O)N1CCN(C(=O)c2ccc(F)c(F)c2F)CC1. The second-order valence-corrected chi connectivity index (χ2v) is 6.17. The monoisotopic (exact) mass is 371 g/mol. The van der Waals surface area contributed by atoms with E-state index >= 15 is 0 Å². The van der Waals surface area contributed by atoms with Crippen LogP contribution >= 0.6 is 0 Å². The number of carbonyl (C=O) groups is 2. The molecule has 1 aliphatic rings. The molecule has 0 spiro atoms. The molecule has 0 N–H and O–H groups in total. The first-order valence-corrected chi connectivity index (χ1v) is 8.81. The second-order valence-electron chi connectivity index (χ2n) is 6.17. The van der Waals surface area contributed by atoms with Gasteiger partial charge in [0.15, 0.2) is 17.5 Å². The molecule has 0 radical (unpaired) electrons. The summed E-state index contributed by atoms with van der Waals surface area (Å²) < 4.78 is 40.1. The third kappa shape index (κ3) is 4.55. The summed E-state index contributed by atoms with van der Waals surface area (Å²) in [5, 5.41) is 0. The summed E-state index contributed by atoms with van der Waals surface area (Å²) in [5.74, 6) is -5.14. The molecule has 1 aliphatic heterocycles. The number of piperazine rings is 1. The van der Waals surface area contributed by atoms with Gasteiger partial charge < -0.3 is 14.7 Å². The Labute approximate surface area is 151 Å². The van der Waals surface area contributed by atoms with Gasteiger partial charge in [-0.15, -0.1) is 0 Å². The topological polar surface area (TPSA) is 43.9 Å². The number of nitrogens with zero attached hydrogens (tertiary/aromatic N) is 3. The summed E-state index contributed by atoms with van der Waals surface area (Å²) in [6.45, 7) is 7.67. The first-order valence-electron chi connectivity index (χ1n) is 8.81. The Kier molecular flexibility index (Phi) is 7.02. The Bertz CT molecular complexity index is 657. The highest BCUT2D eigenvalue weighted by Crippen LogP contribution is 2.18. The van der Waals surface area contributed by atoms with Crippen LogP contribution in [0.15, 0.2) is 12.1 Å². The predicted octanol–water partition coefficient (Wildman–Crippen LogP) is 2.12. The van der Waals surface area contributed by atoms with Gasteiger partial charge in [0.1, 0.15) is 0 Å². The van der Waals surface area contributed by atoms with Crippen molar-refractivity contribution in [3.8, 4) is 0 Å². The van der Waals surface area contributed by atoms with Crippen molar-refractivity contribution in [2.75, 3.05) is 45.8 Å². The van der Waals surface area contributed by atoms with E-state index in [0.29, 0.717) is 26.1 Å². The molecule has 2 rings (SSSR count). The fourth-order valence-electron chi connectivity index (χ4n) is 2.97. The van der Waals surface area contributed by atoms with Crippen LogP contribution in [0.25, 0.3) is 0 Å². The van der Waals surface area contributed by atoms with Crippen LogP contribution in [0.1, 0.15) is 30.6 Å². The minimum atomic E-state index is -1.65. The number of carbonyl (C=O) groups excluding carboxylic acids is 2. The standard InChI is InChI=1S/C18H24F3N3O2/c1-3-22(4-2)8-7-15(25)23-9-11-24(12-10-23)18(26)13-5-6-14(19)17(21)16(13)20/h5-6H,3-4,7-12H2,1-2H3. The quantitative estimate of drug-likeness (QED) is 0.720. The molecule has 0 saturated carbocycles. The lowest BCUT2D eigenvalue weighted by atomic mass is 10.1. The van der Waals surface area contributed by atoms with E-state index in [2.05, 4.69) is 4.90 Å². The van der Waals surface area contributed by atoms with Crippen molar-refractivity contribution < 1.29 is 22.8 Å². The lowest BCUT2D eigenvalue weighted by Gasteiger charge is -2.35. The maximum atomic E-state index is 13.8. The molecule has 8 heteroatoms. The summed E-state index contributed by atoms with van der Waals surface area (Å²) >= 11 is 0. The van der Waals surface area contributed by atoms with Crippen LogP contribution in [0, 0.1) is 17.5 Å². The minimum Gasteiger partial charge on any atom is -0.339 e. The van der Waals surface area contributed by atoms with Gasteiger partial charge in [0.05, 0.1) is 5.56 Å². The van der Waals surface area contributed by atoms with E-state index in [1.165, 1.54) is 4.90 Å². The zero-order chi connectivity index (χ0) is 19.3. The lowest BCUT2D eigenvalue weighted by molar-refractivity contribution is -0.133. The average Bonchev–Trinajstić information content (AvgIpc) is 2.66. The predicted molar refractivity (Wildman–Crippen MR) is 91.2 cm³/mol. The molecule has 26 heavy (non-hydrogen) atoms. The Hall–Kier alpha value is -2.09. The molecule has 1 heterocycles. The molecule has 1 saturated heterocycles. The number of rotatable bonds is 6. The zero-order valence-corrected chi connectivity index (χ0v) is 15.1. The van der Waals surface area contributed by atoms with Gasteiger partial charge in [0.25, 0.3) is 5.91 Å². The molecule has 1 aromatic carbocycles. The Morgan fingerprint density at radius 3 is 2.12 bits per heavy atom. The number of hydrogen-bond donors (Lipinski definition) is 0. The number of benzene rings is 1. The van der Waals surface area contributed by atoms with Crippen LogP contribution in [0.3, 0.4) is 0 Å². The third-order valence-electron chi connectivity index (χ3n) is 4.72. The first-order chi connectivity index (χ1) is 12.4. The minimum absolute atomic E-state index is 0.0167. The largest absolute Gasteiger partial charge is 0.339 e. The highest BCUT2D eigenvalue weighted by Gasteiger charge is 2.27. The molecule has 2 amide bonds. The van der Waals surface area contributed by atoms with E-state index < -0.39 is 28.9 Å². The highest BCUT2D eigenvalue weighted by molar-refractivity contribution is 5.94. The van der Waals surface area contributed by atoms with Crippen molar-refractivity contribution in [3.63, 3.8) is 0 Å². The highest BCUT2D eigenvalue weighted by atomic mass is 19.2. The molecule has 1 aromatic rings. The number of amides is 2. The van der Waals surface area contributed by atoms with Crippen molar-refractivity contribution in [1.29, 1.82) is 0 Å². The number of hydrogen-bond acceptors (Lipinski definition) is 3. The molecule has 144 valence electrons. The van der Waals surface area contributed by atoms with Gasteiger partial charge in [-0.3, -0.25) is 9.59 Å². The number of halogens is 3. The fourth-order valence-corrected chi connectivity index (χ4v) is 2.97. The van der Waals surface area contributed by atoms with Gasteiger partial charge in [-0.2, -0.15) is 0 Å². The van der Waals surface area contributed by atoms with E-state index in [0.717, 1.165) is 25.2 Å². The van der Waals surface area contributed by atoms with Crippen LogP contribution in [-0.4, -0.2) is 72.3 Å². The Balaban J connectivity index is 1.91. The van der Waals surface area contributed by atoms with Crippen molar-refractivity contribution >= 4 is 11.8 Å². The summed E-state index contributed by atoms with van der Waals surface area (Å²) in [6, 6.07) is 1.68. The van der Waals surface area contributed by atoms with Crippen molar-refractivity contribution in [2.24, 2.45) is 0 Å². The van der Waals surface area contributed by atoms with E-state index in [1.54, 1.807) is 4.90 Å². The van der Waals surface area contributed by atoms with E-state index in [-0.39, 0.29) is 19.0 Å². The smallest absolute Gasteiger partial charge is 0.257 e. The van der Waals surface area contributed by atoms with E-state index in [1.807, 2.05) is 13.8 Å². The first kappa shape index (κ1) is 20.2. The third-order valence-corrected chi connectivity index (χ3v) is 4.72. The molecule has 0 atom stereocenters. The second kappa shape index (κ2) is 9.02. The van der Waals surface area contributed by atoms with Gasteiger partial charge >= 0.3 is 0 Å². The summed E-state index contributed by atoms with van der Waals surface area (Å²) in [7, 11) is 0. The molecular formula is C18H24F3N3O2. The summed E-state index contributed by atoms with van der Waals surface area (Å²) in [5.41, 5.74) is -0.495. The lowest BCUT2D eigenvalue weighted by Crippen LogP contribution is -2.51. The molecular weight excluding hydrogens is 347 g/mol. The van der Waals surface area contributed by atoms with Gasteiger partial charge in [-0.25, -0.2) is 13.2 Å². The molecule has 0 bridgehead atoms. The van der Waals surface area contributed by atoms with Crippen LogP contribution in [0.4, 0.5) is 13.2 Å². The molecule has 0 aromatic heterocycles. The molecule has 5 nitrogen and oxygen atoms in total.